The summed E-state index contributed by atoms with van der Waals surface area (Å²) < 4.78 is 71.4. The molecule has 0 heterocycles. The average Bonchev–Trinajstić information content (AvgIpc) is 2.61. The third-order valence-electron chi connectivity index (χ3n) is 3.61. The molecule has 0 aromatic heterocycles. The Balaban J connectivity index is 2.26. The first kappa shape index (κ1) is 21.4. The molecule has 0 radical (unpaired) electrons. The van der Waals surface area contributed by atoms with Gasteiger partial charge in [0.15, 0.2) is 4.90 Å². The molecule has 0 unspecified atom stereocenters. The van der Waals surface area contributed by atoms with Gasteiger partial charge >= 0.3 is 6.36 Å². The van der Waals surface area contributed by atoms with Crippen LogP contribution in [0.25, 0.3) is 0 Å². The van der Waals surface area contributed by atoms with E-state index in [2.05, 4.69) is 4.74 Å². The standard InChI is InChI=1S/C16H15F3N2O6S/c1-20(10-11-3-5-12(6-4-11)27-16(17,18)19)28(24,25)15-8-7-13(26-2)9-14(15)21(22)23/h3-9H,10H2,1-2H3. The maximum atomic E-state index is 12.7. The number of sulfonamides is 1. The average molecular weight is 420 g/mol. The highest BCUT2D eigenvalue weighted by Gasteiger charge is 2.32. The van der Waals surface area contributed by atoms with Crippen LogP contribution in [0.15, 0.2) is 47.4 Å². The van der Waals surface area contributed by atoms with Crippen LogP contribution < -0.4 is 9.47 Å². The van der Waals surface area contributed by atoms with Crippen LogP contribution in [-0.4, -0.2) is 38.2 Å². The van der Waals surface area contributed by atoms with E-state index in [1.54, 1.807) is 0 Å². The Kier molecular flexibility index (Phi) is 6.14. The lowest BCUT2D eigenvalue weighted by Crippen LogP contribution is -2.27. The van der Waals surface area contributed by atoms with Crippen molar-refractivity contribution in [2.24, 2.45) is 0 Å². The van der Waals surface area contributed by atoms with Crippen LogP contribution in [0.4, 0.5) is 18.9 Å². The van der Waals surface area contributed by atoms with Gasteiger partial charge in [-0.05, 0) is 29.8 Å². The topological polar surface area (TPSA) is 99.0 Å². The Morgan fingerprint density at radius 1 is 1.11 bits per heavy atom. The van der Waals surface area contributed by atoms with Crippen LogP contribution in [0, 0.1) is 10.1 Å². The zero-order valence-corrected chi connectivity index (χ0v) is 15.5. The molecule has 0 fully saturated rings. The van der Waals surface area contributed by atoms with Gasteiger partial charge in [0.05, 0.1) is 18.1 Å². The van der Waals surface area contributed by atoms with Crippen molar-refractivity contribution in [2.75, 3.05) is 14.2 Å². The van der Waals surface area contributed by atoms with E-state index in [0.717, 1.165) is 28.6 Å². The zero-order chi connectivity index (χ0) is 21.1. The molecule has 0 aliphatic carbocycles. The second kappa shape index (κ2) is 8.02. The van der Waals surface area contributed by atoms with Gasteiger partial charge < -0.3 is 9.47 Å². The lowest BCUT2D eigenvalue weighted by Gasteiger charge is -2.18. The second-order valence-corrected chi connectivity index (χ2v) is 7.56. The highest BCUT2D eigenvalue weighted by Crippen LogP contribution is 2.31. The largest absolute Gasteiger partial charge is 0.573 e. The van der Waals surface area contributed by atoms with Crippen molar-refractivity contribution in [3.05, 3.63) is 58.1 Å². The number of nitro benzene ring substituents is 1. The molecule has 0 aliphatic rings. The van der Waals surface area contributed by atoms with E-state index in [-0.39, 0.29) is 12.3 Å². The van der Waals surface area contributed by atoms with E-state index >= 15 is 0 Å². The number of nitro groups is 1. The molecule has 2 aromatic carbocycles. The summed E-state index contributed by atoms with van der Waals surface area (Å²) in [6.07, 6.45) is -4.84. The molecule has 2 rings (SSSR count). The summed E-state index contributed by atoms with van der Waals surface area (Å²) in [6.45, 7) is -0.224. The Hall–Kier alpha value is -2.86. The summed E-state index contributed by atoms with van der Waals surface area (Å²) in [5.74, 6) is -0.332. The third kappa shape index (κ3) is 5.10. The molecule has 2 aromatic rings. The molecule has 0 spiro atoms. The van der Waals surface area contributed by atoms with Crippen LogP contribution >= 0.6 is 0 Å². The van der Waals surface area contributed by atoms with E-state index in [0.29, 0.717) is 5.56 Å². The highest BCUT2D eigenvalue weighted by molar-refractivity contribution is 7.89. The number of nitrogens with zero attached hydrogens (tertiary/aromatic N) is 2. The van der Waals surface area contributed by atoms with Crippen molar-refractivity contribution in [1.82, 2.24) is 4.31 Å². The monoisotopic (exact) mass is 420 g/mol. The van der Waals surface area contributed by atoms with Gasteiger partial charge in [-0.25, -0.2) is 8.42 Å². The first-order valence-electron chi connectivity index (χ1n) is 7.57. The molecule has 0 aliphatic heterocycles. The number of ether oxygens (including phenoxy) is 2. The second-order valence-electron chi connectivity index (χ2n) is 5.54. The molecule has 28 heavy (non-hydrogen) atoms. The van der Waals surface area contributed by atoms with Crippen molar-refractivity contribution >= 4 is 15.7 Å². The molecule has 0 saturated heterocycles. The summed E-state index contributed by atoms with van der Waals surface area (Å²) in [5, 5.41) is 11.2. The Labute approximate surface area is 158 Å². The van der Waals surface area contributed by atoms with Gasteiger partial charge in [0, 0.05) is 13.6 Å². The van der Waals surface area contributed by atoms with Crippen LogP contribution in [-0.2, 0) is 16.6 Å². The van der Waals surface area contributed by atoms with Crippen LogP contribution in [0.5, 0.6) is 11.5 Å². The number of methoxy groups -OCH3 is 1. The first-order chi connectivity index (χ1) is 12.9. The summed E-state index contributed by atoms with van der Waals surface area (Å²) in [7, 11) is -1.77. The normalized spacial score (nSPS) is 12.1. The fraction of sp³-hybridized carbons (Fsp3) is 0.250. The molecule has 8 nitrogen and oxygen atoms in total. The van der Waals surface area contributed by atoms with Crippen LogP contribution in [0.3, 0.4) is 0 Å². The number of hydrogen-bond donors (Lipinski definition) is 0. The van der Waals surface area contributed by atoms with Gasteiger partial charge in [-0.3, -0.25) is 10.1 Å². The van der Waals surface area contributed by atoms with Crippen molar-refractivity contribution in [2.45, 2.75) is 17.8 Å². The van der Waals surface area contributed by atoms with Gasteiger partial charge in [-0.15, -0.1) is 13.2 Å². The predicted octanol–water partition coefficient (Wildman–Crippen LogP) is 3.32. The van der Waals surface area contributed by atoms with Crippen molar-refractivity contribution in [3.8, 4) is 11.5 Å². The van der Waals surface area contributed by atoms with Crippen LogP contribution in [0.1, 0.15) is 5.56 Å². The maximum absolute atomic E-state index is 12.7. The minimum atomic E-state index is -4.84. The number of hydrogen-bond acceptors (Lipinski definition) is 6. The van der Waals surface area contributed by atoms with Crippen molar-refractivity contribution in [1.29, 1.82) is 0 Å². The van der Waals surface area contributed by atoms with Crippen LogP contribution in [0.2, 0.25) is 0 Å². The van der Waals surface area contributed by atoms with E-state index in [4.69, 9.17) is 4.74 Å². The SMILES string of the molecule is COc1ccc(S(=O)(=O)N(C)Cc2ccc(OC(F)(F)F)cc2)c([N+](=O)[O-])c1. The van der Waals surface area contributed by atoms with Crippen molar-refractivity contribution < 1.29 is 36.0 Å². The number of alkyl halides is 3. The minimum Gasteiger partial charge on any atom is -0.497 e. The van der Waals surface area contributed by atoms with Gasteiger partial charge in [-0.1, -0.05) is 12.1 Å². The fourth-order valence-corrected chi connectivity index (χ4v) is 3.58. The molecule has 0 saturated carbocycles. The molecular formula is C16H15F3N2O6S. The summed E-state index contributed by atoms with van der Waals surface area (Å²) in [6, 6.07) is 7.92. The van der Waals surface area contributed by atoms with Gasteiger partial charge in [-0.2, -0.15) is 4.31 Å². The molecule has 152 valence electrons. The molecule has 0 N–H and O–H groups in total. The zero-order valence-electron chi connectivity index (χ0n) is 14.6. The quantitative estimate of drug-likeness (QED) is 0.503. The van der Waals surface area contributed by atoms with Gasteiger partial charge in [0.25, 0.3) is 5.69 Å². The first-order valence-corrected chi connectivity index (χ1v) is 9.01. The van der Waals surface area contributed by atoms with E-state index in [1.165, 1.54) is 32.4 Å². The molecule has 12 heteroatoms. The number of rotatable bonds is 7. The highest BCUT2D eigenvalue weighted by atomic mass is 32.2. The summed E-state index contributed by atoms with van der Waals surface area (Å²) >= 11 is 0. The Morgan fingerprint density at radius 3 is 2.18 bits per heavy atom. The molecule has 0 bridgehead atoms. The van der Waals surface area contributed by atoms with Gasteiger partial charge in [0.1, 0.15) is 11.5 Å². The lowest BCUT2D eigenvalue weighted by molar-refractivity contribution is -0.387. The lowest BCUT2D eigenvalue weighted by atomic mass is 10.2. The summed E-state index contributed by atoms with van der Waals surface area (Å²) in [5.41, 5.74) is -0.295. The summed E-state index contributed by atoms with van der Waals surface area (Å²) in [4.78, 5) is 9.86. The predicted molar refractivity (Wildman–Crippen MR) is 91.4 cm³/mol. The van der Waals surface area contributed by atoms with E-state index in [1.807, 2.05) is 0 Å². The van der Waals surface area contributed by atoms with E-state index < -0.39 is 37.6 Å². The minimum absolute atomic E-state index is 0.119. The Bertz CT molecular complexity index is 961. The molecule has 0 amide bonds. The molecule has 0 atom stereocenters. The van der Waals surface area contributed by atoms with Gasteiger partial charge in [0.2, 0.25) is 10.0 Å². The maximum Gasteiger partial charge on any atom is 0.573 e. The van der Waals surface area contributed by atoms with E-state index in [9.17, 15) is 31.7 Å². The molecular weight excluding hydrogens is 405 g/mol. The third-order valence-corrected chi connectivity index (χ3v) is 5.46. The van der Waals surface area contributed by atoms with Crippen molar-refractivity contribution in [3.63, 3.8) is 0 Å². The Morgan fingerprint density at radius 2 is 1.68 bits per heavy atom. The number of benzene rings is 2. The fourth-order valence-electron chi connectivity index (χ4n) is 2.29. The smallest absolute Gasteiger partial charge is 0.497 e. The number of halogens is 3.